The third-order valence-electron chi connectivity index (χ3n) is 3.93. The van der Waals surface area contributed by atoms with Crippen LogP contribution in [0.15, 0.2) is 36.1 Å². The third-order valence-corrected chi connectivity index (χ3v) is 3.93. The lowest BCUT2D eigenvalue weighted by Gasteiger charge is -2.31. The molecule has 0 amide bonds. The number of rotatable bonds is 5. The Balaban J connectivity index is 2.25. The molecule has 1 fully saturated rings. The van der Waals surface area contributed by atoms with Crippen molar-refractivity contribution < 1.29 is 23.8 Å². The molecule has 2 rings (SSSR count). The van der Waals surface area contributed by atoms with Gasteiger partial charge in [-0.3, -0.25) is 0 Å². The van der Waals surface area contributed by atoms with Crippen LogP contribution in [-0.2, 0) is 23.8 Å². The number of ether oxygens (including phenoxy) is 3. The molecule has 1 heterocycles. The Labute approximate surface area is 124 Å². The average Bonchev–Trinajstić information content (AvgIpc) is 3.09. The summed E-state index contributed by atoms with van der Waals surface area (Å²) in [5.41, 5.74) is 0.706. The van der Waals surface area contributed by atoms with E-state index in [0.29, 0.717) is 5.57 Å². The van der Waals surface area contributed by atoms with E-state index in [1.165, 1.54) is 19.4 Å². The van der Waals surface area contributed by atoms with E-state index in [1.54, 1.807) is 13.0 Å². The van der Waals surface area contributed by atoms with Crippen LogP contribution in [0, 0.1) is 5.92 Å². The molecular formula is C16H20O5. The molecule has 1 atom stereocenters. The van der Waals surface area contributed by atoms with Gasteiger partial charge >= 0.3 is 11.9 Å². The molecule has 0 saturated heterocycles. The van der Waals surface area contributed by atoms with Crippen molar-refractivity contribution in [2.24, 2.45) is 5.92 Å². The van der Waals surface area contributed by atoms with Gasteiger partial charge in [-0.1, -0.05) is 25.5 Å². The Morgan fingerprint density at radius 1 is 1.48 bits per heavy atom. The monoisotopic (exact) mass is 292 g/mol. The molecule has 0 aromatic rings. The average molecular weight is 292 g/mol. The third kappa shape index (κ3) is 3.01. The Bertz CT molecular complexity index is 511. The van der Waals surface area contributed by atoms with Gasteiger partial charge in [0.1, 0.15) is 6.26 Å². The zero-order valence-electron chi connectivity index (χ0n) is 12.4. The number of cyclic esters (lactones) is 1. The van der Waals surface area contributed by atoms with Crippen molar-refractivity contribution in [3.8, 4) is 0 Å². The summed E-state index contributed by atoms with van der Waals surface area (Å²) < 4.78 is 15.8. The van der Waals surface area contributed by atoms with Gasteiger partial charge in [-0.15, -0.1) is 0 Å². The lowest BCUT2D eigenvalue weighted by Crippen LogP contribution is -2.38. The van der Waals surface area contributed by atoms with Crippen LogP contribution < -0.4 is 0 Å². The van der Waals surface area contributed by atoms with Crippen LogP contribution in [0.2, 0.25) is 0 Å². The van der Waals surface area contributed by atoms with Gasteiger partial charge in [0.15, 0.2) is 0 Å². The number of carbonyl (C=O) groups excluding carboxylic acids is 2. The first-order chi connectivity index (χ1) is 10.0. The maximum Gasteiger partial charge on any atom is 0.340 e. The van der Waals surface area contributed by atoms with Gasteiger partial charge in [0.05, 0.1) is 12.7 Å². The molecule has 0 spiro atoms. The van der Waals surface area contributed by atoms with Gasteiger partial charge in [0.25, 0.3) is 5.79 Å². The molecule has 0 N–H and O–H groups in total. The van der Waals surface area contributed by atoms with Crippen molar-refractivity contribution in [2.45, 2.75) is 38.4 Å². The van der Waals surface area contributed by atoms with E-state index < -0.39 is 11.8 Å². The Hall–Kier alpha value is -2.04. The zero-order valence-corrected chi connectivity index (χ0v) is 12.4. The second-order valence-electron chi connectivity index (χ2n) is 5.31. The van der Waals surface area contributed by atoms with Gasteiger partial charge in [0.2, 0.25) is 0 Å². The minimum absolute atomic E-state index is 0.0962. The Morgan fingerprint density at radius 3 is 2.62 bits per heavy atom. The van der Waals surface area contributed by atoms with Crippen LogP contribution in [0.1, 0.15) is 32.6 Å². The summed E-state index contributed by atoms with van der Waals surface area (Å²) in [4.78, 5) is 23.3. The van der Waals surface area contributed by atoms with Gasteiger partial charge in [-0.25, -0.2) is 9.59 Å². The molecular weight excluding hydrogens is 272 g/mol. The number of hydrogen-bond donors (Lipinski definition) is 0. The van der Waals surface area contributed by atoms with Crippen LogP contribution in [0.5, 0.6) is 0 Å². The normalized spacial score (nSPS) is 26.3. The molecule has 1 unspecified atom stereocenters. The minimum Gasteiger partial charge on any atom is -0.465 e. The van der Waals surface area contributed by atoms with Crippen molar-refractivity contribution in [3.05, 3.63) is 36.1 Å². The quantitative estimate of drug-likeness (QED) is 0.337. The number of methoxy groups -OCH3 is 1. The number of esters is 2. The molecule has 1 aliphatic carbocycles. The largest absolute Gasteiger partial charge is 0.465 e. The van der Waals surface area contributed by atoms with E-state index in [-0.39, 0.29) is 17.5 Å². The van der Waals surface area contributed by atoms with Crippen LogP contribution in [0.25, 0.3) is 0 Å². The fourth-order valence-electron chi connectivity index (χ4n) is 2.75. The second-order valence-corrected chi connectivity index (χ2v) is 5.31. The maximum atomic E-state index is 11.7. The summed E-state index contributed by atoms with van der Waals surface area (Å²) in [5.74, 6) is -1.94. The fraction of sp³-hybridized carbons (Fsp3) is 0.500. The van der Waals surface area contributed by atoms with Crippen molar-refractivity contribution in [1.29, 1.82) is 0 Å². The molecule has 2 aliphatic rings. The summed E-state index contributed by atoms with van der Waals surface area (Å²) in [6, 6.07) is 0. The van der Waals surface area contributed by atoms with Crippen LogP contribution in [0.4, 0.5) is 0 Å². The molecule has 0 aromatic heterocycles. The van der Waals surface area contributed by atoms with Crippen LogP contribution in [0.3, 0.4) is 0 Å². The highest BCUT2D eigenvalue weighted by molar-refractivity contribution is 5.91. The van der Waals surface area contributed by atoms with Gasteiger partial charge < -0.3 is 14.2 Å². The highest BCUT2D eigenvalue weighted by atomic mass is 16.7. The zero-order chi connectivity index (χ0) is 15.5. The van der Waals surface area contributed by atoms with Crippen LogP contribution >= 0.6 is 0 Å². The summed E-state index contributed by atoms with van der Waals surface area (Å²) in [6.45, 7) is 5.25. The highest BCUT2D eigenvalue weighted by Crippen LogP contribution is 2.42. The SMILES string of the molecule is C=C/C(=C\OC1(C2CCCC2)C=C(C)C(=O)O1)C(=O)OC. The Morgan fingerprint density at radius 2 is 2.14 bits per heavy atom. The molecule has 21 heavy (non-hydrogen) atoms. The predicted molar refractivity (Wildman–Crippen MR) is 75.9 cm³/mol. The van der Waals surface area contributed by atoms with E-state index in [0.717, 1.165) is 25.7 Å². The minimum atomic E-state index is -1.11. The van der Waals surface area contributed by atoms with Gasteiger partial charge in [0, 0.05) is 17.6 Å². The van der Waals surface area contributed by atoms with Crippen molar-refractivity contribution in [2.75, 3.05) is 7.11 Å². The summed E-state index contributed by atoms with van der Waals surface area (Å²) in [6.07, 6.45) is 8.32. The first-order valence-corrected chi connectivity index (χ1v) is 7.04. The smallest absolute Gasteiger partial charge is 0.340 e. The maximum absolute atomic E-state index is 11.7. The van der Waals surface area contributed by atoms with Crippen molar-refractivity contribution >= 4 is 11.9 Å². The van der Waals surface area contributed by atoms with E-state index in [9.17, 15) is 9.59 Å². The standard InChI is InChI=1S/C16H20O5/c1-4-12(15(18)19-3)10-20-16(13-7-5-6-8-13)9-11(2)14(17)21-16/h4,9-10,13H,1,5-8H2,2-3H3/b12-10+. The number of carbonyl (C=O) groups is 2. The summed E-state index contributed by atoms with van der Waals surface area (Å²) in [5, 5.41) is 0. The van der Waals surface area contributed by atoms with E-state index in [4.69, 9.17) is 9.47 Å². The molecule has 1 saturated carbocycles. The molecule has 5 heteroatoms. The Kier molecular flexibility index (Phi) is 4.50. The molecule has 5 nitrogen and oxygen atoms in total. The van der Waals surface area contributed by atoms with E-state index in [2.05, 4.69) is 11.3 Å². The first-order valence-electron chi connectivity index (χ1n) is 7.04. The topological polar surface area (TPSA) is 61.8 Å². The fourth-order valence-corrected chi connectivity index (χ4v) is 2.75. The summed E-state index contributed by atoms with van der Waals surface area (Å²) >= 11 is 0. The highest BCUT2D eigenvalue weighted by Gasteiger charge is 2.48. The second kappa shape index (κ2) is 6.16. The van der Waals surface area contributed by atoms with E-state index >= 15 is 0 Å². The summed E-state index contributed by atoms with van der Waals surface area (Å²) in [7, 11) is 1.28. The molecule has 114 valence electrons. The van der Waals surface area contributed by atoms with Gasteiger partial charge in [-0.2, -0.15) is 0 Å². The molecule has 1 aliphatic heterocycles. The van der Waals surface area contributed by atoms with E-state index in [1.807, 2.05) is 0 Å². The molecule has 0 radical (unpaired) electrons. The molecule has 0 aromatic carbocycles. The van der Waals surface area contributed by atoms with Crippen LogP contribution in [-0.4, -0.2) is 24.8 Å². The predicted octanol–water partition coefficient (Wildman–Crippen LogP) is 2.64. The number of hydrogen-bond acceptors (Lipinski definition) is 5. The lowest BCUT2D eigenvalue weighted by molar-refractivity contribution is -0.198. The van der Waals surface area contributed by atoms with Gasteiger partial charge in [-0.05, 0) is 19.8 Å². The van der Waals surface area contributed by atoms with Crippen molar-refractivity contribution in [1.82, 2.24) is 0 Å². The molecule has 0 bridgehead atoms. The lowest BCUT2D eigenvalue weighted by atomic mass is 9.96. The first kappa shape index (κ1) is 15.4. The van der Waals surface area contributed by atoms with Crippen molar-refractivity contribution in [3.63, 3.8) is 0 Å².